The molecule has 0 saturated carbocycles. The largest absolute Gasteiger partial charge is 0.508 e. The van der Waals surface area contributed by atoms with E-state index in [0.717, 1.165) is 36.4 Å². The number of phenols is 2. The molecule has 9 N–H and O–H groups in total. The molecule has 0 aliphatic rings. The van der Waals surface area contributed by atoms with Crippen molar-refractivity contribution < 1.29 is 80.1 Å². The number of phenolic OH excluding ortho intramolecular Hbond substituents is 2. The number of rotatable bonds is 14. The molecule has 26 heteroatoms. The summed E-state index contributed by atoms with van der Waals surface area (Å²) in [4.78, 5) is 51.8. The highest BCUT2D eigenvalue weighted by atomic mass is 32.2. The molecule has 1 heterocycles. The van der Waals surface area contributed by atoms with Gasteiger partial charge in [-0.05, 0) is 95.7 Å². The maximum atomic E-state index is 13.4. The number of benzene rings is 6. The van der Waals surface area contributed by atoms with Crippen LogP contribution in [0, 0.1) is 0 Å². The number of hydrogen-bond acceptors (Lipinski definition) is 18. The number of nitrogens with one attached hydrogen (secondary N) is 2. The van der Waals surface area contributed by atoms with Gasteiger partial charge in [0.1, 0.15) is 61.2 Å². The number of amides is 2. The Morgan fingerprint density at radius 3 is 1.28 bits per heavy atom. The summed E-state index contributed by atoms with van der Waals surface area (Å²) in [6.45, 7) is 0. The Hall–Kier alpha value is -9.11. The van der Waals surface area contributed by atoms with Gasteiger partial charge in [0.15, 0.2) is 11.5 Å². The van der Waals surface area contributed by atoms with Gasteiger partial charge in [0.05, 0.1) is 25.3 Å². The molecule has 7 aromatic rings. The SMILES string of the molecule is COc1cc(C(=O)O)ccc1N=Nc1c(S(=O)(=O)O)cc2cc(NC(=O)c3cc(O)cc(C(=O)Nc4ccc5c(O)c(N=Nc6ccc(C(=O)O)cc6OC)c(S(=O)(=O)O)cc5c4)n3)ccc2c1O. The first-order valence-corrected chi connectivity index (χ1v) is 22.0. The van der Waals surface area contributed by atoms with E-state index in [9.17, 15) is 70.7 Å². The number of carboxylic acid groups (broad SMARTS) is 2. The molecule has 69 heavy (non-hydrogen) atoms. The number of aromatic carboxylic acids is 2. The van der Waals surface area contributed by atoms with Crippen LogP contribution in [-0.2, 0) is 20.2 Å². The molecular weight excluding hydrogens is 951 g/mol. The van der Waals surface area contributed by atoms with Crippen molar-refractivity contribution in [3.8, 4) is 28.7 Å². The summed E-state index contributed by atoms with van der Waals surface area (Å²) in [5, 5.41) is 71.4. The molecule has 2 amide bonds. The third kappa shape index (κ3) is 10.2. The van der Waals surface area contributed by atoms with E-state index in [0.29, 0.717) is 0 Å². The minimum absolute atomic E-state index is 0.0237. The summed E-state index contributed by atoms with van der Waals surface area (Å²) < 4.78 is 80.3. The summed E-state index contributed by atoms with van der Waals surface area (Å²) in [6.07, 6.45) is 0. The van der Waals surface area contributed by atoms with Gasteiger partial charge >= 0.3 is 11.9 Å². The third-order valence-corrected chi connectivity index (χ3v) is 11.6. The van der Waals surface area contributed by atoms with Crippen molar-refractivity contribution in [1.82, 2.24) is 4.98 Å². The lowest BCUT2D eigenvalue weighted by atomic mass is 10.1. The maximum absolute atomic E-state index is 13.4. The number of carbonyl (C=O) groups excluding carboxylic acids is 2. The Bertz CT molecular complexity index is 3410. The van der Waals surface area contributed by atoms with Crippen molar-refractivity contribution in [3.05, 3.63) is 120 Å². The van der Waals surface area contributed by atoms with Crippen LogP contribution in [0.2, 0.25) is 0 Å². The van der Waals surface area contributed by atoms with Crippen LogP contribution in [0.1, 0.15) is 41.7 Å². The van der Waals surface area contributed by atoms with E-state index in [2.05, 4.69) is 36.1 Å². The van der Waals surface area contributed by atoms with Crippen molar-refractivity contribution in [2.45, 2.75) is 9.79 Å². The predicted octanol–water partition coefficient (Wildman–Crippen LogP) is 7.75. The zero-order valence-electron chi connectivity index (χ0n) is 35.0. The van der Waals surface area contributed by atoms with E-state index in [1.165, 1.54) is 74.9 Å². The lowest BCUT2D eigenvalue weighted by Gasteiger charge is -2.12. The lowest BCUT2D eigenvalue weighted by molar-refractivity contribution is 0.0686. The van der Waals surface area contributed by atoms with Crippen LogP contribution in [0.15, 0.2) is 127 Å². The van der Waals surface area contributed by atoms with Crippen molar-refractivity contribution in [2.24, 2.45) is 20.5 Å². The second-order valence-electron chi connectivity index (χ2n) is 14.3. The van der Waals surface area contributed by atoms with E-state index in [1.807, 2.05) is 0 Å². The Labute approximate surface area is 387 Å². The van der Waals surface area contributed by atoms with E-state index in [-0.39, 0.29) is 66.9 Å². The Morgan fingerprint density at radius 1 is 0.536 bits per heavy atom. The molecule has 1 aromatic heterocycles. The van der Waals surface area contributed by atoms with Gasteiger partial charge in [-0.25, -0.2) is 14.6 Å². The molecule has 0 saturated heterocycles. The van der Waals surface area contributed by atoms with Crippen molar-refractivity contribution in [1.29, 1.82) is 0 Å². The quantitative estimate of drug-likeness (QED) is 0.0371. The normalized spacial score (nSPS) is 11.8. The summed E-state index contributed by atoms with van der Waals surface area (Å²) in [5.74, 6) is -6.73. The van der Waals surface area contributed by atoms with Crippen LogP contribution in [0.5, 0.6) is 28.7 Å². The Morgan fingerprint density at radius 2 is 0.928 bits per heavy atom. The Balaban J connectivity index is 1.13. The highest BCUT2D eigenvalue weighted by Crippen LogP contribution is 2.44. The highest BCUT2D eigenvalue weighted by Gasteiger charge is 2.25. The van der Waals surface area contributed by atoms with Gasteiger partial charge in [0, 0.05) is 34.3 Å². The average molecular weight is 982 g/mol. The summed E-state index contributed by atoms with van der Waals surface area (Å²) in [5.41, 5.74) is -2.84. The van der Waals surface area contributed by atoms with Crippen LogP contribution in [0.25, 0.3) is 21.5 Å². The molecule has 7 rings (SSSR count). The Kier molecular flexibility index (Phi) is 12.9. The first kappa shape index (κ1) is 47.8. The number of azo groups is 2. The number of carbonyl (C=O) groups is 4. The van der Waals surface area contributed by atoms with Gasteiger partial charge in [-0.2, -0.15) is 16.8 Å². The fraction of sp³-hybridized carbons (Fsp3) is 0.0465. The summed E-state index contributed by atoms with van der Waals surface area (Å²) in [7, 11) is -7.75. The van der Waals surface area contributed by atoms with E-state index >= 15 is 0 Å². The number of hydrogen-bond donors (Lipinski definition) is 9. The summed E-state index contributed by atoms with van der Waals surface area (Å²) >= 11 is 0. The van der Waals surface area contributed by atoms with Crippen LogP contribution >= 0.6 is 0 Å². The minimum Gasteiger partial charge on any atom is -0.508 e. The van der Waals surface area contributed by atoms with Crippen LogP contribution < -0.4 is 20.1 Å². The predicted molar refractivity (Wildman–Crippen MR) is 241 cm³/mol. The first-order chi connectivity index (χ1) is 32.6. The molecule has 0 radical (unpaired) electrons. The molecule has 24 nitrogen and oxygen atoms in total. The number of anilines is 2. The van der Waals surface area contributed by atoms with Crippen molar-refractivity contribution >= 4 is 99.7 Å². The third-order valence-electron chi connectivity index (χ3n) is 9.82. The molecule has 0 atom stereocenters. The van der Waals surface area contributed by atoms with Crippen LogP contribution in [0.4, 0.5) is 34.1 Å². The van der Waals surface area contributed by atoms with Gasteiger partial charge < -0.3 is 45.6 Å². The van der Waals surface area contributed by atoms with Gasteiger partial charge in [0.25, 0.3) is 32.1 Å². The molecule has 352 valence electrons. The van der Waals surface area contributed by atoms with E-state index < -0.39 is 93.8 Å². The van der Waals surface area contributed by atoms with Gasteiger partial charge in [-0.3, -0.25) is 18.7 Å². The van der Waals surface area contributed by atoms with Gasteiger partial charge in [-0.1, -0.05) is 0 Å². The number of aromatic nitrogens is 1. The second kappa shape index (κ2) is 18.6. The molecule has 0 aliphatic heterocycles. The minimum atomic E-state index is -5.10. The standard InChI is InChI=1S/C43H31N7O17S2/c1-66-32-13-19(42(56)57)3-9-28(32)47-49-36-34(68(60,61)62)15-21-11-23(5-7-26(21)38(36)52)44-40(54)30-17-25(51)18-31(46-30)41(55)45-24-6-8-27-22(12-24)16-35(69(63,64)65)37(39(27)53)50-48-29-10-4-20(43(58)59)14-33(29)67-2/h3-18,52-53H,1-2H3,(H,44,54)(H,45,55)(H,46,51)(H,56,57)(H,58,59)(H,60,61,62)(H,63,64,65). The number of carboxylic acids is 2. The highest BCUT2D eigenvalue weighted by molar-refractivity contribution is 7.86. The van der Waals surface area contributed by atoms with E-state index in [1.54, 1.807) is 0 Å². The van der Waals surface area contributed by atoms with Crippen molar-refractivity contribution in [2.75, 3.05) is 24.9 Å². The molecular formula is C43H31N7O17S2. The molecule has 0 aliphatic carbocycles. The zero-order valence-corrected chi connectivity index (χ0v) is 36.6. The topological polar surface area (TPSA) is 383 Å². The number of pyridine rings is 1. The lowest BCUT2D eigenvalue weighted by Crippen LogP contribution is -2.18. The fourth-order valence-corrected chi connectivity index (χ4v) is 7.89. The fourth-order valence-electron chi connectivity index (χ4n) is 6.58. The zero-order chi connectivity index (χ0) is 50.1. The molecule has 6 aromatic carbocycles. The monoisotopic (exact) mass is 981 g/mol. The molecule has 0 bridgehead atoms. The number of methoxy groups -OCH3 is 2. The molecule has 0 unspecified atom stereocenters. The van der Waals surface area contributed by atoms with E-state index in [4.69, 9.17) is 9.47 Å². The van der Waals surface area contributed by atoms with Crippen molar-refractivity contribution in [3.63, 3.8) is 0 Å². The average Bonchev–Trinajstić information content (AvgIpc) is 3.29. The number of ether oxygens (including phenoxy) is 2. The van der Waals surface area contributed by atoms with Crippen LogP contribution in [-0.4, -0.2) is 94.4 Å². The number of fused-ring (bicyclic) bond motifs is 2. The van der Waals surface area contributed by atoms with Gasteiger partial charge in [0.2, 0.25) is 0 Å². The number of nitrogens with zero attached hydrogens (tertiary/aromatic N) is 5. The first-order valence-electron chi connectivity index (χ1n) is 19.1. The summed E-state index contributed by atoms with van der Waals surface area (Å²) in [6, 6.07) is 18.3. The van der Waals surface area contributed by atoms with Gasteiger partial charge in [-0.15, -0.1) is 20.5 Å². The molecule has 0 fully saturated rings. The number of aromatic hydroxyl groups is 3. The second-order valence-corrected chi connectivity index (χ2v) is 17.0. The maximum Gasteiger partial charge on any atom is 0.335 e. The van der Waals surface area contributed by atoms with Crippen LogP contribution in [0.3, 0.4) is 0 Å². The molecule has 0 spiro atoms. The smallest absolute Gasteiger partial charge is 0.335 e.